The smallest absolute Gasteiger partial charge is 0.135 e. The van der Waals surface area contributed by atoms with E-state index in [1.54, 1.807) is 6.07 Å². The van der Waals surface area contributed by atoms with Gasteiger partial charge in [0.2, 0.25) is 0 Å². The molecule has 0 radical (unpaired) electrons. The highest BCUT2D eigenvalue weighted by Gasteiger charge is 2.21. The Morgan fingerprint density at radius 2 is 1.76 bits per heavy atom. The molecule has 2 aromatic rings. The molecule has 0 heterocycles. The summed E-state index contributed by atoms with van der Waals surface area (Å²) in [4.78, 5) is 0. The van der Waals surface area contributed by atoms with E-state index in [9.17, 15) is 5.11 Å². The van der Waals surface area contributed by atoms with Crippen LogP contribution in [0.15, 0.2) is 24.3 Å². The molecule has 0 saturated carbocycles. The molecular weight excluding hydrogens is 255 g/mol. The van der Waals surface area contributed by atoms with Crippen LogP contribution < -0.4 is 0 Å². The van der Waals surface area contributed by atoms with Crippen molar-refractivity contribution in [2.75, 3.05) is 0 Å². The van der Waals surface area contributed by atoms with Crippen molar-refractivity contribution in [3.63, 3.8) is 0 Å². The van der Waals surface area contributed by atoms with Gasteiger partial charge in [-0.3, -0.25) is 0 Å². The number of fused-ring (bicyclic) bond motifs is 1. The van der Waals surface area contributed by atoms with E-state index in [1.807, 2.05) is 18.2 Å². The van der Waals surface area contributed by atoms with E-state index in [2.05, 4.69) is 20.8 Å². The van der Waals surface area contributed by atoms with Crippen LogP contribution in [0, 0.1) is 0 Å². The van der Waals surface area contributed by atoms with Gasteiger partial charge in [0, 0.05) is 15.8 Å². The zero-order valence-electron chi connectivity index (χ0n) is 10.0. The topological polar surface area (TPSA) is 20.2 Å². The first-order chi connectivity index (χ1) is 7.82. The van der Waals surface area contributed by atoms with Crippen LogP contribution in [0.1, 0.15) is 26.3 Å². The minimum atomic E-state index is -0.106. The number of hydrogen-bond acceptors (Lipinski definition) is 1. The van der Waals surface area contributed by atoms with Gasteiger partial charge >= 0.3 is 0 Å². The maximum Gasteiger partial charge on any atom is 0.135 e. The predicted molar refractivity (Wildman–Crippen MR) is 74.3 cm³/mol. The lowest BCUT2D eigenvalue weighted by molar-refractivity contribution is 0.472. The minimum Gasteiger partial charge on any atom is -0.506 e. The number of halogens is 2. The Morgan fingerprint density at radius 3 is 2.35 bits per heavy atom. The summed E-state index contributed by atoms with van der Waals surface area (Å²) in [7, 11) is 0. The molecule has 0 aliphatic heterocycles. The molecule has 0 unspecified atom stereocenters. The Balaban J connectivity index is 2.99. The van der Waals surface area contributed by atoms with E-state index in [1.165, 1.54) is 0 Å². The molecule has 0 aliphatic rings. The Labute approximate surface area is 111 Å². The van der Waals surface area contributed by atoms with Crippen molar-refractivity contribution in [3.05, 3.63) is 39.9 Å². The van der Waals surface area contributed by atoms with E-state index in [-0.39, 0.29) is 11.2 Å². The van der Waals surface area contributed by atoms with E-state index >= 15 is 0 Å². The first kappa shape index (κ1) is 12.5. The first-order valence-corrected chi connectivity index (χ1v) is 6.18. The van der Waals surface area contributed by atoms with Crippen LogP contribution in [0.3, 0.4) is 0 Å². The van der Waals surface area contributed by atoms with Crippen LogP contribution in [0.2, 0.25) is 10.0 Å². The van der Waals surface area contributed by atoms with Gasteiger partial charge in [0.1, 0.15) is 5.75 Å². The van der Waals surface area contributed by atoms with Crippen molar-refractivity contribution in [3.8, 4) is 5.75 Å². The van der Waals surface area contributed by atoms with Gasteiger partial charge in [-0.15, -0.1) is 0 Å². The maximum atomic E-state index is 9.88. The maximum absolute atomic E-state index is 9.88. The highest BCUT2D eigenvalue weighted by atomic mass is 35.5. The van der Waals surface area contributed by atoms with Crippen molar-refractivity contribution >= 4 is 34.0 Å². The molecule has 3 heteroatoms. The van der Waals surface area contributed by atoms with Crippen LogP contribution in [-0.2, 0) is 5.41 Å². The Bertz CT molecular complexity index is 583. The predicted octanol–water partition coefficient (Wildman–Crippen LogP) is 5.15. The van der Waals surface area contributed by atoms with E-state index in [4.69, 9.17) is 23.2 Å². The van der Waals surface area contributed by atoms with Crippen LogP contribution in [-0.4, -0.2) is 5.11 Å². The number of hydrogen-bond donors (Lipinski definition) is 1. The lowest BCUT2D eigenvalue weighted by Crippen LogP contribution is -2.12. The molecule has 0 bridgehead atoms. The number of phenols is 1. The molecule has 0 aliphatic carbocycles. The van der Waals surface area contributed by atoms with Crippen molar-refractivity contribution in [2.24, 2.45) is 0 Å². The van der Waals surface area contributed by atoms with Gasteiger partial charge in [-0.25, -0.2) is 0 Å². The zero-order chi connectivity index (χ0) is 12.8. The third-order valence-corrected chi connectivity index (χ3v) is 3.55. The van der Waals surface area contributed by atoms with Crippen molar-refractivity contribution in [2.45, 2.75) is 26.2 Å². The monoisotopic (exact) mass is 268 g/mol. The first-order valence-electron chi connectivity index (χ1n) is 5.42. The Morgan fingerprint density at radius 1 is 1.12 bits per heavy atom. The van der Waals surface area contributed by atoms with Crippen LogP contribution >= 0.6 is 23.2 Å². The Hall–Kier alpha value is -0.920. The summed E-state index contributed by atoms with van der Waals surface area (Å²) in [6.07, 6.45) is 0. The lowest BCUT2D eigenvalue weighted by atomic mass is 9.83. The van der Waals surface area contributed by atoms with Crippen LogP contribution in [0.4, 0.5) is 0 Å². The summed E-state index contributed by atoms with van der Waals surface area (Å²) in [5.41, 5.74) is 0.894. The fourth-order valence-electron chi connectivity index (χ4n) is 1.98. The molecule has 0 spiro atoms. The van der Waals surface area contributed by atoms with Gasteiger partial charge in [-0.05, 0) is 23.1 Å². The van der Waals surface area contributed by atoms with E-state index < -0.39 is 0 Å². The summed E-state index contributed by atoms with van der Waals surface area (Å²) in [6.45, 7) is 6.25. The molecule has 90 valence electrons. The number of benzene rings is 2. The molecule has 17 heavy (non-hydrogen) atoms. The molecule has 1 N–H and O–H groups in total. The normalized spacial score (nSPS) is 12.1. The second-order valence-electron chi connectivity index (χ2n) is 5.17. The van der Waals surface area contributed by atoms with Gasteiger partial charge < -0.3 is 5.11 Å². The number of aromatic hydroxyl groups is 1. The van der Waals surface area contributed by atoms with Crippen molar-refractivity contribution in [1.29, 1.82) is 0 Å². The third-order valence-electron chi connectivity index (χ3n) is 2.83. The summed E-state index contributed by atoms with van der Waals surface area (Å²) in [5, 5.41) is 12.6. The van der Waals surface area contributed by atoms with Crippen LogP contribution in [0.25, 0.3) is 10.8 Å². The SMILES string of the molecule is CC(C)(C)c1cc(O)c(Cl)c2cccc(Cl)c12. The van der Waals surface area contributed by atoms with Gasteiger partial charge in [0.25, 0.3) is 0 Å². The summed E-state index contributed by atoms with van der Waals surface area (Å²) in [6, 6.07) is 7.25. The molecular formula is C14H14Cl2O. The van der Waals surface area contributed by atoms with Gasteiger partial charge in [-0.1, -0.05) is 56.1 Å². The fraction of sp³-hybridized carbons (Fsp3) is 0.286. The number of rotatable bonds is 0. The van der Waals surface area contributed by atoms with Crippen LogP contribution in [0.5, 0.6) is 5.75 Å². The lowest BCUT2D eigenvalue weighted by Gasteiger charge is -2.23. The molecule has 2 rings (SSSR count). The molecule has 0 aromatic heterocycles. The molecule has 1 nitrogen and oxygen atoms in total. The van der Waals surface area contributed by atoms with Gasteiger partial charge in [-0.2, -0.15) is 0 Å². The van der Waals surface area contributed by atoms with Gasteiger partial charge in [0.15, 0.2) is 0 Å². The molecule has 0 fully saturated rings. The zero-order valence-corrected chi connectivity index (χ0v) is 11.5. The Kier molecular flexibility index (Phi) is 3.01. The summed E-state index contributed by atoms with van der Waals surface area (Å²) in [5.74, 6) is 0.103. The van der Waals surface area contributed by atoms with Gasteiger partial charge in [0.05, 0.1) is 5.02 Å². The quantitative estimate of drug-likeness (QED) is 0.701. The largest absolute Gasteiger partial charge is 0.506 e. The molecule has 0 amide bonds. The molecule has 0 saturated heterocycles. The van der Waals surface area contributed by atoms with Crippen molar-refractivity contribution < 1.29 is 5.11 Å². The van der Waals surface area contributed by atoms with Crippen molar-refractivity contribution in [1.82, 2.24) is 0 Å². The third kappa shape index (κ3) is 2.10. The second-order valence-corrected chi connectivity index (χ2v) is 5.95. The number of phenolic OH excluding ortho intramolecular Hbond substituents is 1. The summed E-state index contributed by atoms with van der Waals surface area (Å²) < 4.78 is 0. The second kappa shape index (κ2) is 4.08. The van der Waals surface area contributed by atoms with E-state index in [0.717, 1.165) is 16.3 Å². The molecule has 0 atom stereocenters. The van der Waals surface area contributed by atoms with E-state index in [0.29, 0.717) is 10.0 Å². The highest BCUT2D eigenvalue weighted by Crippen LogP contribution is 2.42. The average Bonchev–Trinajstić information content (AvgIpc) is 2.22. The fourth-order valence-corrected chi connectivity index (χ4v) is 2.47. The summed E-state index contributed by atoms with van der Waals surface area (Å²) >= 11 is 12.4. The molecule has 2 aromatic carbocycles. The average molecular weight is 269 g/mol. The highest BCUT2D eigenvalue weighted by molar-refractivity contribution is 6.40. The standard InChI is InChI=1S/C14H14Cl2O/c1-14(2,3)9-7-11(17)13(16)8-5-4-6-10(15)12(8)9/h4-7,17H,1-3H3. The minimum absolute atomic E-state index is 0.103.